The molecule has 4 nitrogen and oxygen atoms in total. The van der Waals surface area contributed by atoms with Crippen molar-refractivity contribution in [2.45, 2.75) is 39.5 Å². The number of azo groups is 1. The van der Waals surface area contributed by atoms with Gasteiger partial charge in [-0.2, -0.15) is 0 Å². The minimum absolute atomic E-state index is 0.394. The molecule has 20 heavy (non-hydrogen) atoms. The van der Waals surface area contributed by atoms with Crippen molar-refractivity contribution < 1.29 is 0 Å². The Morgan fingerprint density at radius 3 is 1.50 bits per heavy atom. The fourth-order valence-corrected chi connectivity index (χ4v) is 2.05. The molecule has 0 fully saturated rings. The highest BCUT2D eigenvalue weighted by Crippen LogP contribution is 2.30. The standard InChI is InChI=1S/C16H20N4/c1-11(2)13-5-7-17-9-15(13)19-20-16-10-18-8-6-14(16)12(3)4/h5-12H,1-4H3. The fourth-order valence-electron chi connectivity index (χ4n) is 2.05. The molecule has 2 aromatic heterocycles. The molecule has 0 radical (unpaired) electrons. The van der Waals surface area contributed by atoms with Crippen LogP contribution in [0.2, 0.25) is 0 Å². The van der Waals surface area contributed by atoms with Crippen LogP contribution in [-0.4, -0.2) is 9.97 Å². The third-order valence-electron chi connectivity index (χ3n) is 3.17. The van der Waals surface area contributed by atoms with Gasteiger partial charge in [-0.1, -0.05) is 27.7 Å². The summed E-state index contributed by atoms with van der Waals surface area (Å²) >= 11 is 0. The second-order valence-electron chi connectivity index (χ2n) is 5.38. The first kappa shape index (κ1) is 14.3. The van der Waals surface area contributed by atoms with Gasteiger partial charge in [0.25, 0.3) is 0 Å². The van der Waals surface area contributed by atoms with Gasteiger partial charge in [-0.25, -0.2) is 0 Å². The van der Waals surface area contributed by atoms with Gasteiger partial charge in [0.2, 0.25) is 0 Å². The van der Waals surface area contributed by atoms with Crippen LogP contribution in [0.25, 0.3) is 0 Å². The van der Waals surface area contributed by atoms with Gasteiger partial charge in [0, 0.05) is 12.4 Å². The van der Waals surface area contributed by atoms with Crippen LogP contribution >= 0.6 is 0 Å². The van der Waals surface area contributed by atoms with Crippen LogP contribution in [0.1, 0.15) is 50.7 Å². The second-order valence-corrected chi connectivity index (χ2v) is 5.38. The molecule has 0 atom stereocenters. The first-order chi connectivity index (χ1) is 9.59. The number of rotatable bonds is 4. The molecule has 0 N–H and O–H groups in total. The molecule has 2 heterocycles. The van der Waals surface area contributed by atoms with Crippen molar-refractivity contribution in [1.82, 2.24) is 9.97 Å². The Balaban J connectivity index is 2.35. The van der Waals surface area contributed by atoms with Crippen LogP contribution in [-0.2, 0) is 0 Å². The molecule has 4 heteroatoms. The van der Waals surface area contributed by atoms with E-state index in [0.29, 0.717) is 11.8 Å². The van der Waals surface area contributed by atoms with E-state index in [1.807, 2.05) is 12.1 Å². The lowest BCUT2D eigenvalue weighted by atomic mass is 10.0. The van der Waals surface area contributed by atoms with Gasteiger partial charge in [-0.3, -0.25) is 9.97 Å². The monoisotopic (exact) mass is 268 g/mol. The summed E-state index contributed by atoms with van der Waals surface area (Å²) in [4.78, 5) is 8.26. The highest BCUT2D eigenvalue weighted by Gasteiger charge is 2.08. The van der Waals surface area contributed by atoms with Crippen molar-refractivity contribution in [1.29, 1.82) is 0 Å². The molecule has 0 spiro atoms. The predicted octanol–water partition coefficient (Wildman–Crippen LogP) is 5.14. The van der Waals surface area contributed by atoms with Gasteiger partial charge >= 0.3 is 0 Å². The van der Waals surface area contributed by atoms with E-state index in [1.165, 1.54) is 0 Å². The van der Waals surface area contributed by atoms with E-state index in [9.17, 15) is 0 Å². The normalized spacial score (nSPS) is 11.7. The Labute approximate surface area is 120 Å². The SMILES string of the molecule is CC(C)c1ccncc1N=Nc1cnccc1C(C)C. The molecule has 0 aliphatic carbocycles. The van der Waals surface area contributed by atoms with Crippen LogP contribution in [0, 0.1) is 0 Å². The van der Waals surface area contributed by atoms with Crippen molar-refractivity contribution in [3.8, 4) is 0 Å². The maximum Gasteiger partial charge on any atom is 0.107 e. The van der Waals surface area contributed by atoms with Crippen LogP contribution in [0.3, 0.4) is 0 Å². The molecule has 104 valence electrons. The predicted molar refractivity (Wildman–Crippen MR) is 80.8 cm³/mol. The van der Waals surface area contributed by atoms with Crippen molar-refractivity contribution >= 4 is 11.4 Å². The molecule has 0 unspecified atom stereocenters. The summed E-state index contributed by atoms with van der Waals surface area (Å²) in [5, 5.41) is 8.73. The Morgan fingerprint density at radius 1 is 0.750 bits per heavy atom. The lowest BCUT2D eigenvalue weighted by Crippen LogP contribution is -1.89. The molecular weight excluding hydrogens is 248 g/mol. The largest absolute Gasteiger partial charge is 0.262 e. The van der Waals surface area contributed by atoms with E-state index in [4.69, 9.17) is 0 Å². The number of hydrogen-bond donors (Lipinski definition) is 0. The number of nitrogens with zero attached hydrogens (tertiary/aromatic N) is 4. The fraction of sp³-hybridized carbons (Fsp3) is 0.375. The van der Waals surface area contributed by atoms with E-state index >= 15 is 0 Å². The molecule has 0 aliphatic heterocycles. The van der Waals surface area contributed by atoms with Crippen molar-refractivity contribution in [2.24, 2.45) is 10.2 Å². The Kier molecular flexibility index (Phi) is 4.56. The third-order valence-corrected chi connectivity index (χ3v) is 3.17. The van der Waals surface area contributed by atoms with E-state index in [-0.39, 0.29) is 0 Å². The van der Waals surface area contributed by atoms with Gasteiger partial charge in [-0.05, 0) is 35.1 Å². The topological polar surface area (TPSA) is 50.5 Å². The Morgan fingerprint density at radius 2 is 1.15 bits per heavy atom. The molecule has 0 saturated heterocycles. The summed E-state index contributed by atoms with van der Waals surface area (Å²) in [5.41, 5.74) is 3.94. The lowest BCUT2D eigenvalue weighted by Gasteiger charge is -2.09. The second kappa shape index (κ2) is 6.37. The van der Waals surface area contributed by atoms with Crippen molar-refractivity contribution in [3.05, 3.63) is 48.0 Å². The van der Waals surface area contributed by atoms with Crippen LogP contribution in [0.4, 0.5) is 11.4 Å². The minimum Gasteiger partial charge on any atom is -0.262 e. The summed E-state index contributed by atoms with van der Waals surface area (Å²) in [5.74, 6) is 0.788. The van der Waals surface area contributed by atoms with Gasteiger partial charge < -0.3 is 0 Å². The maximum atomic E-state index is 4.36. The van der Waals surface area contributed by atoms with Crippen LogP contribution in [0.15, 0.2) is 47.1 Å². The van der Waals surface area contributed by atoms with Crippen molar-refractivity contribution in [2.75, 3.05) is 0 Å². The summed E-state index contributed by atoms with van der Waals surface area (Å²) in [6.07, 6.45) is 7.09. The summed E-state index contributed by atoms with van der Waals surface area (Å²) in [6, 6.07) is 3.98. The van der Waals surface area contributed by atoms with Crippen LogP contribution < -0.4 is 0 Å². The maximum absolute atomic E-state index is 4.36. The summed E-state index contributed by atoms with van der Waals surface area (Å²) in [6.45, 7) is 8.55. The Bertz CT molecular complexity index is 549. The highest BCUT2D eigenvalue weighted by atomic mass is 15.1. The molecule has 0 saturated carbocycles. The zero-order valence-corrected chi connectivity index (χ0v) is 12.4. The van der Waals surface area contributed by atoms with E-state index in [0.717, 1.165) is 22.5 Å². The number of hydrogen-bond acceptors (Lipinski definition) is 4. The first-order valence-corrected chi connectivity index (χ1v) is 6.89. The minimum atomic E-state index is 0.394. The lowest BCUT2D eigenvalue weighted by molar-refractivity contribution is 0.852. The molecular formula is C16H20N4. The van der Waals surface area contributed by atoms with Gasteiger partial charge in [-0.15, -0.1) is 10.2 Å². The quantitative estimate of drug-likeness (QED) is 0.721. The average molecular weight is 268 g/mol. The number of aromatic nitrogens is 2. The molecule has 2 rings (SSSR count). The molecule has 0 aliphatic rings. The van der Waals surface area contributed by atoms with Gasteiger partial charge in [0.05, 0.1) is 12.4 Å². The Hall–Kier alpha value is -2.10. The average Bonchev–Trinajstić information content (AvgIpc) is 2.45. The van der Waals surface area contributed by atoms with E-state index in [2.05, 4.69) is 47.9 Å². The smallest absolute Gasteiger partial charge is 0.107 e. The number of pyridine rings is 2. The van der Waals surface area contributed by atoms with Crippen molar-refractivity contribution in [3.63, 3.8) is 0 Å². The third kappa shape index (κ3) is 3.26. The van der Waals surface area contributed by atoms with E-state index in [1.54, 1.807) is 24.8 Å². The molecule has 0 amide bonds. The molecule has 2 aromatic rings. The molecule has 0 aromatic carbocycles. The van der Waals surface area contributed by atoms with E-state index < -0.39 is 0 Å². The zero-order valence-electron chi connectivity index (χ0n) is 12.4. The van der Waals surface area contributed by atoms with Crippen LogP contribution in [0.5, 0.6) is 0 Å². The zero-order chi connectivity index (χ0) is 14.5. The van der Waals surface area contributed by atoms with Gasteiger partial charge in [0.15, 0.2) is 0 Å². The summed E-state index contributed by atoms with van der Waals surface area (Å²) < 4.78 is 0. The molecule has 0 bridgehead atoms. The summed E-state index contributed by atoms with van der Waals surface area (Å²) in [7, 11) is 0. The highest BCUT2D eigenvalue weighted by molar-refractivity contribution is 5.48. The first-order valence-electron chi connectivity index (χ1n) is 6.89. The van der Waals surface area contributed by atoms with Gasteiger partial charge in [0.1, 0.15) is 11.4 Å².